The molecule has 0 spiro atoms. The molecule has 0 bridgehead atoms. The van der Waals surface area contributed by atoms with Crippen LogP contribution in [-0.4, -0.2) is 17.7 Å². The molecule has 0 saturated heterocycles. The molecule has 0 aliphatic heterocycles. The first kappa shape index (κ1) is 11.5. The minimum absolute atomic E-state index is 0.0220. The second kappa shape index (κ2) is 5.35. The molecule has 1 aliphatic carbocycles. The van der Waals surface area contributed by atoms with Gasteiger partial charge in [-0.2, -0.15) is 0 Å². The third kappa shape index (κ3) is 2.71. The van der Waals surface area contributed by atoms with E-state index in [4.69, 9.17) is 11.6 Å². The number of carbonyl (C=O) groups excluding carboxylic acids is 2. The van der Waals surface area contributed by atoms with Gasteiger partial charge in [0.2, 0.25) is 11.1 Å². The van der Waals surface area contributed by atoms with Crippen LogP contribution in [0.5, 0.6) is 0 Å². The maximum Gasteiger partial charge on any atom is 0.225 e. The fourth-order valence-corrected chi connectivity index (χ4v) is 2.28. The van der Waals surface area contributed by atoms with E-state index in [2.05, 4.69) is 5.32 Å². The third-order valence-electron chi connectivity index (χ3n) is 2.75. The predicted octanol–water partition coefficient (Wildman–Crippen LogP) is 1.69. The summed E-state index contributed by atoms with van der Waals surface area (Å²) >= 11 is 5.48. The average Bonchev–Trinajstić information content (AvgIpc) is 2.18. The minimum Gasteiger partial charge on any atom is -0.356 e. The molecule has 0 aromatic heterocycles. The van der Waals surface area contributed by atoms with Crippen molar-refractivity contribution in [1.82, 2.24) is 5.32 Å². The Kier molecular flexibility index (Phi) is 4.39. The van der Waals surface area contributed by atoms with Gasteiger partial charge in [0.1, 0.15) is 0 Å². The van der Waals surface area contributed by atoms with Crippen molar-refractivity contribution in [2.24, 2.45) is 11.8 Å². The van der Waals surface area contributed by atoms with Crippen LogP contribution in [0.15, 0.2) is 0 Å². The zero-order valence-corrected chi connectivity index (χ0v) is 9.14. The first-order valence-electron chi connectivity index (χ1n) is 5.14. The third-order valence-corrected chi connectivity index (χ3v) is 3.03. The van der Waals surface area contributed by atoms with E-state index >= 15 is 0 Å². The van der Waals surface area contributed by atoms with Gasteiger partial charge in [0.25, 0.3) is 0 Å². The molecule has 1 saturated carbocycles. The van der Waals surface area contributed by atoms with Crippen LogP contribution in [0.25, 0.3) is 0 Å². The van der Waals surface area contributed by atoms with Gasteiger partial charge < -0.3 is 5.32 Å². The molecule has 1 rings (SSSR count). The summed E-state index contributed by atoms with van der Waals surface area (Å²) in [4.78, 5) is 22.7. The highest BCUT2D eigenvalue weighted by atomic mass is 35.5. The monoisotopic (exact) mass is 217 g/mol. The quantitative estimate of drug-likeness (QED) is 0.732. The van der Waals surface area contributed by atoms with Gasteiger partial charge in [-0.05, 0) is 31.4 Å². The molecule has 3 nitrogen and oxygen atoms in total. The van der Waals surface area contributed by atoms with Gasteiger partial charge in [-0.25, -0.2) is 0 Å². The standard InChI is InChI=1S/C10H16ClNO2/c1-2-12-10(14)8-6-4-3-5-7(8)9(11)13/h7-8H,2-6H2,1H3,(H,12,14). The molecular weight excluding hydrogens is 202 g/mol. The Morgan fingerprint density at radius 1 is 1.29 bits per heavy atom. The van der Waals surface area contributed by atoms with Gasteiger partial charge in [0, 0.05) is 18.4 Å². The molecule has 14 heavy (non-hydrogen) atoms. The molecule has 1 amide bonds. The summed E-state index contributed by atoms with van der Waals surface area (Å²) in [6.45, 7) is 2.48. The smallest absolute Gasteiger partial charge is 0.225 e. The molecule has 2 atom stereocenters. The Hall–Kier alpha value is -0.570. The summed E-state index contributed by atoms with van der Waals surface area (Å²) in [5, 5.41) is 2.39. The van der Waals surface area contributed by atoms with Crippen LogP contribution >= 0.6 is 11.6 Å². The first-order chi connectivity index (χ1) is 6.66. The number of nitrogens with one attached hydrogen (secondary N) is 1. The molecule has 0 heterocycles. The fraction of sp³-hybridized carbons (Fsp3) is 0.800. The van der Waals surface area contributed by atoms with Crippen LogP contribution in [0.3, 0.4) is 0 Å². The van der Waals surface area contributed by atoms with Crippen molar-refractivity contribution in [3.63, 3.8) is 0 Å². The van der Waals surface area contributed by atoms with E-state index < -0.39 is 0 Å². The van der Waals surface area contributed by atoms with Gasteiger partial charge in [0.05, 0.1) is 0 Å². The highest BCUT2D eigenvalue weighted by Gasteiger charge is 2.34. The highest BCUT2D eigenvalue weighted by Crippen LogP contribution is 2.31. The van der Waals surface area contributed by atoms with Gasteiger partial charge in [-0.1, -0.05) is 12.8 Å². The lowest BCUT2D eigenvalue weighted by Gasteiger charge is -2.27. The average molecular weight is 218 g/mol. The van der Waals surface area contributed by atoms with E-state index in [1.807, 2.05) is 6.92 Å². The van der Waals surface area contributed by atoms with Crippen molar-refractivity contribution in [1.29, 1.82) is 0 Å². The van der Waals surface area contributed by atoms with Crippen LogP contribution < -0.4 is 5.32 Å². The Balaban J connectivity index is 2.62. The Bertz CT molecular complexity index is 230. The molecule has 4 heteroatoms. The Morgan fingerprint density at radius 3 is 2.36 bits per heavy atom. The van der Waals surface area contributed by atoms with Crippen LogP contribution in [0.2, 0.25) is 0 Å². The molecule has 1 aliphatic rings. The first-order valence-corrected chi connectivity index (χ1v) is 5.51. The van der Waals surface area contributed by atoms with Crippen LogP contribution in [0.1, 0.15) is 32.6 Å². The number of rotatable bonds is 3. The molecule has 0 aromatic rings. The maximum atomic E-state index is 11.6. The topological polar surface area (TPSA) is 46.2 Å². The van der Waals surface area contributed by atoms with Gasteiger partial charge >= 0.3 is 0 Å². The zero-order chi connectivity index (χ0) is 10.6. The maximum absolute atomic E-state index is 11.6. The van der Waals surface area contributed by atoms with E-state index in [0.29, 0.717) is 6.54 Å². The minimum atomic E-state index is -0.360. The molecule has 1 N–H and O–H groups in total. The summed E-state index contributed by atoms with van der Waals surface area (Å²) in [5.41, 5.74) is 0. The SMILES string of the molecule is CCNC(=O)C1CCCCC1C(=O)Cl. The summed E-state index contributed by atoms with van der Waals surface area (Å²) < 4.78 is 0. The van der Waals surface area contributed by atoms with E-state index in [0.717, 1.165) is 25.7 Å². The van der Waals surface area contributed by atoms with E-state index in [1.54, 1.807) is 0 Å². The lowest BCUT2D eigenvalue weighted by molar-refractivity contribution is -0.132. The van der Waals surface area contributed by atoms with E-state index in [-0.39, 0.29) is 23.0 Å². The predicted molar refractivity (Wildman–Crippen MR) is 55.0 cm³/mol. The number of halogens is 1. The van der Waals surface area contributed by atoms with Crippen molar-refractivity contribution >= 4 is 22.8 Å². The molecular formula is C10H16ClNO2. The van der Waals surface area contributed by atoms with Crippen molar-refractivity contribution in [3.05, 3.63) is 0 Å². The molecule has 0 aromatic carbocycles. The molecule has 80 valence electrons. The number of carbonyl (C=O) groups is 2. The van der Waals surface area contributed by atoms with Crippen molar-refractivity contribution in [2.45, 2.75) is 32.6 Å². The lowest BCUT2D eigenvalue weighted by atomic mass is 9.79. The normalized spacial score (nSPS) is 27.0. The van der Waals surface area contributed by atoms with Crippen LogP contribution in [-0.2, 0) is 9.59 Å². The highest BCUT2D eigenvalue weighted by molar-refractivity contribution is 6.64. The second-order valence-electron chi connectivity index (χ2n) is 3.70. The number of amides is 1. The van der Waals surface area contributed by atoms with Crippen LogP contribution in [0, 0.1) is 11.8 Å². The van der Waals surface area contributed by atoms with Gasteiger partial charge in [0.15, 0.2) is 0 Å². The summed E-state index contributed by atoms with van der Waals surface area (Å²) in [6.07, 6.45) is 3.56. The fourth-order valence-electron chi connectivity index (χ4n) is 2.02. The summed E-state index contributed by atoms with van der Waals surface area (Å²) in [5.74, 6) is -0.489. The van der Waals surface area contributed by atoms with Crippen molar-refractivity contribution in [3.8, 4) is 0 Å². The lowest BCUT2D eigenvalue weighted by Crippen LogP contribution is -2.38. The summed E-state index contributed by atoms with van der Waals surface area (Å²) in [7, 11) is 0. The zero-order valence-electron chi connectivity index (χ0n) is 8.38. The summed E-state index contributed by atoms with van der Waals surface area (Å²) in [6, 6.07) is 0. The largest absolute Gasteiger partial charge is 0.356 e. The molecule has 0 radical (unpaired) electrons. The molecule has 2 unspecified atom stereocenters. The van der Waals surface area contributed by atoms with Crippen LogP contribution in [0.4, 0.5) is 0 Å². The number of hydrogen-bond acceptors (Lipinski definition) is 2. The number of hydrogen-bond donors (Lipinski definition) is 1. The van der Waals surface area contributed by atoms with Crippen molar-refractivity contribution < 1.29 is 9.59 Å². The molecule has 1 fully saturated rings. The second-order valence-corrected chi connectivity index (χ2v) is 4.07. The van der Waals surface area contributed by atoms with Gasteiger partial charge in [-0.15, -0.1) is 0 Å². The Morgan fingerprint density at radius 2 is 1.86 bits per heavy atom. The van der Waals surface area contributed by atoms with E-state index in [1.165, 1.54) is 0 Å². The Labute approximate surface area is 89.2 Å². The van der Waals surface area contributed by atoms with Crippen molar-refractivity contribution in [2.75, 3.05) is 6.54 Å². The van der Waals surface area contributed by atoms with Gasteiger partial charge in [-0.3, -0.25) is 9.59 Å². The van der Waals surface area contributed by atoms with E-state index in [9.17, 15) is 9.59 Å².